The van der Waals surface area contributed by atoms with Crippen molar-refractivity contribution in [2.24, 2.45) is 0 Å². The predicted octanol–water partition coefficient (Wildman–Crippen LogP) is -1.33. The summed E-state index contributed by atoms with van der Waals surface area (Å²) in [4.78, 5) is 0. The molecule has 6 rings (SSSR count). The second kappa shape index (κ2) is 7.64. The van der Waals surface area contributed by atoms with Crippen LogP contribution < -0.4 is 35.2 Å². The molecule has 29 heavy (non-hydrogen) atoms. The Balaban J connectivity index is 0.00000120. The van der Waals surface area contributed by atoms with E-state index in [-0.39, 0.29) is 24.8 Å². The third-order valence-corrected chi connectivity index (χ3v) is 27.3. The van der Waals surface area contributed by atoms with E-state index in [1.165, 1.54) is 49.8 Å². The first-order valence-electron chi connectivity index (χ1n) is 9.94. The molecule has 2 aromatic carbocycles. The summed E-state index contributed by atoms with van der Waals surface area (Å²) in [5, 5.41) is 14.1. The largest absolute Gasteiger partial charge is 1.00 e. The molecular formula is C23H25Cl2OSi2Zr. The zero-order chi connectivity index (χ0) is 19.1. The number of phenols is 1. The van der Waals surface area contributed by atoms with Gasteiger partial charge >= 0.3 is 180 Å². The fourth-order valence-corrected chi connectivity index (χ4v) is 19.8. The molecular weight excluding hydrogens is 511 g/mol. The molecule has 2 aliphatic heterocycles. The molecule has 4 aliphatic rings. The molecule has 1 N–H and O–H groups in total. The maximum absolute atomic E-state index is 11.3. The smallest absolute Gasteiger partial charge is 1.00 e. The number of benzene rings is 2. The molecule has 0 fully saturated rings. The molecule has 6 heteroatoms. The Kier molecular flexibility index (Phi) is 6.13. The van der Waals surface area contributed by atoms with Crippen molar-refractivity contribution in [1.82, 2.24) is 0 Å². The van der Waals surface area contributed by atoms with Crippen LogP contribution in [-0.2, 0) is 24.7 Å². The van der Waals surface area contributed by atoms with Gasteiger partial charge in [0.05, 0.1) is 0 Å². The summed E-state index contributed by atoms with van der Waals surface area (Å²) in [6.45, 7) is 10.1. The molecule has 0 saturated heterocycles. The molecule has 2 atom stereocenters. The number of hydrogen-bond donors (Lipinski definition) is 1. The van der Waals surface area contributed by atoms with Crippen LogP contribution in [0.2, 0.25) is 25.7 Å². The average Bonchev–Trinajstić information content (AvgIpc) is 3.29. The Labute approximate surface area is 203 Å². The van der Waals surface area contributed by atoms with Crippen LogP contribution in [0.4, 0.5) is 0 Å². The average molecular weight is 536 g/mol. The Morgan fingerprint density at radius 3 is 2.45 bits per heavy atom. The molecule has 0 radical (unpaired) electrons. The summed E-state index contributed by atoms with van der Waals surface area (Å²) in [5.74, 6) is 0.667. The van der Waals surface area contributed by atoms with E-state index < -0.39 is 15.2 Å². The Hall–Kier alpha value is -0.383. The van der Waals surface area contributed by atoms with Crippen LogP contribution >= 0.6 is 0 Å². The van der Waals surface area contributed by atoms with E-state index in [0.29, 0.717) is 9.38 Å². The van der Waals surface area contributed by atoms with Gasteiger partial charge in [-0.05, 0) is 0 Å². The molecule has 0 amide bonds. The number of rotatable bonds is 3. The fraction of sp³-hybridized carbons (Fsp3) is 0.304. The third kappa shape index (κ3) is 2.72. The van der Waals surface area contributed by atoms with Crippen molar-refractivity contribution in [1.29, 1.82) is 0 Å². The topological polar surface area (TPSA) is 20.2 Å². The summed E-state index contributed by atoms with van der Waals surface area (Å²) in [6.07, 6.45) is 7.74. The standard InChI is InChI=1S/C23H25OSi2.2ClH.Zr/c1-5-25(2,3)26(4)22-18-14-16-12-8-9-13-17(16)20(18)19(23(26)21(22)24)15-10-6-7-11-15;;;/h6-10,12-14,24H,5,11H2,1-4H3;2*1H;/q;;;+2/p-2. The number of phenolic OH excluding ortho intramolecular Hbond substituents is 1. The number of aromatic hydroxyl groups is 1. The maximum Gasteiger partial charge on any atom is -1.00 e. The van der Waals surface area contributed by atoms with Crippen molar-refractivity contribution < 1.29 is 54.6 Å². The van der Waals surface area contributed by atoms with Gasteiger partial charge < -0.3 is 24.8 Å². The summed E-state index contributed by atoms with van der Waals surface area (Å²) < 4.78 is 0.473. The third-order valence-electron chi connectivity index (χ3n) is 7.67. The summed E-state index contributed by atoms with van der Waals surface area (Å²) >= 11 is 1.54. The summed E-state index contributed by atoms with van der Waals surface area (Å²) in [5.41, 5.74) is 8.71. The predicted molar refractivity (Wildman–Crippen MR) is 116 cm³/mol. The Morgan fingerprint density at radius 1 is 1.14 bits per heavy atom. The maximum atomic E-state index is 11.3. The van der Waals surface area contributed by atoms with Crippen LogP contribution in [0, 0.1) is 0 Å². The molecule has 0 saturated carbocycles. The van der Waals surface area contributed by atoms with Crippen LogP contribution in [0.5, 0.6) is 5.75 Å². The van der Waals surface area contributed by atoms with E-state index in [2.05, 4.69) is 69.1 Å². The van der Waals surface area contributed by atoms with E-state index in [1.54, 1.807) is 24.7 Å². The first-order chi connectivity index (χ1) is 12.8. The fourth-order valence-electron chi connectivity index (χ4n) is 5.50. The van der Waals surface area contributed by atoms with Crippen LogP contribution in [-0.4, -0.2) is 20.3 Å². The second-order valence-corrected chi connectivity index (χ2v) is 25.2. The normalized spacial score (nSPS) is 22.8. The van der Waals surface area contributed by atoms with Crippen LogP contribution in [0.1, 0.15) is 33.7 Å². The quantitative estimate of drug-likeness (QED) is 0.484. The monoisotopic (exact) mass is 533 g/mol. The number of hydrogen-bond acceptors (Lipinski definition) is 1. The van der Waals surface area contributed by atoms with Gasteiger partial charge in [0.2, 0.25) is 0 Å². The van der Waals surface area contributed by atoms with E-state index in [9.17, 15) is 5.11 Å². The zero-order valence-corrected chi connectivity index (χ0v) is 23.2. The Morgan fingerprint density at radius 2 is 1.83 bits per heavy atom. The van der Waals surface area contributed by atoms with Crippen molar-refractivity contribution in [3.05, 3.63) is 59.2 Å². The van der Waals surface area contributed by atoms with Crippen LogP contribution in [0.25, 0.3) is 16.7 Å². The van der Waals surface area contributed by atoms with Crippen molar-refractivity contribution >= 4 is 31.1 Å². The van der Waals surface area contributed by atoms with Gasteiger partial charge in [-0.1, -0.05) is 0 Å². The Bertz CT molecular complexity index is 1080. The molecule has 1 nitrogen and oxygen atoms in total. The van der Waals surface area contributed by atoms with Crippen LogP contribution in [0.15, 0.2) is 42.5 Å². The molecule has 2 aliphatic carbocycles. The van der Waals surface area contributed by atoms with Gasteiger partial charge in [0.15, 0.2) is 0 Å². The number of fused-ring (bicyclic) bond motifs is 1. The minimum Gasteiger partial charge on any atom is -1.00 e. The zero-order valence-electron chi connectivity index (χ0n) is 17.2. The van der Waals surface area contributed by atoms with Crippen molar-refractivity contribution in [2.45, 2.75) is 42.7 Å². The molecule has 2 aromatic rings. The van der Waals surface area contributed by atoms with Crippen molar-refractivity contribution in [3.63, 3.8) is 0 Å². The molecule has 2 unspecified atom stereocenters. The minimum absolute atomic E-state index is 0. The van der Waals surface area contributed by atoms with Gasteiger partial charge in [-0.15, -0.1) is 0 Å². The van der Waals surface area contributed by atoms with Crippen LogP contribution in [0.3, 0.4) is 0 Å². The summed E-state index contributed by atoms with van der Waals surface area (Å²) in [7, 11) is -3.24. The SMILES string of the molecule is CC[Si](C)(C)[Si]1(C)c2c(O)c1c1c(c2C2=CC=CC2)-c2ccccc2[CH]1[Zr+2].[Cl-].[Cl-]. The van der Waals surface area contributed by atoms with E-state index in [1.807, 2.05) is 0 Å². The van der Waals surface area contributed by atoms with Gasteiger partial charge in [-0.25, -0.2) is 0 Å². The van der Waals surface area contributed by atoms with Gasteiger partial charge in [-0.2, -0.15) is 0 Å². The van der Waals surface area contributed by atoms with Gasteiger partial charge in [0.1, 0.15) is 0 Å². The molecule has 2 heterocycles. The van der Waals surface area contributed by atoms with E-state index >= 15 is 0 Å². The minimum atomic E-state index is -1.79. The first-order valence-corrected chi connectivity index (χ1v) is 18.1. The molecule has 2 bridgehead atoms. The molecule has 0 aromatic heterocycles. The van der Waals surface area contributed by atoms with Gasteiger partial charge in [0, 0.05) is 0 Å². The van der Waals surface area contributed by atoms with Gasteiger partial charge in [0.25, 0.3) is 0 Å². The van der Waals surface area contributed by atoms with E-state index in [4.69, 9.17) is 0 Å². The van der Waals surface area contributed by atoms with E-state index in [0.717, 1.165) is 6.42 Å². The molecule has 149 valence electrons. The second-order valence-electron chi connectivity index (χ2n) is 8.97. The van der Waals surface area contributed by atoms with Gasteiger partial charge in [-0.3, -0.25) is 0 Å². The van der Waals surface area contributed by atoms with Crippen molar-refractivity contribution in [3.8, 4) is 16.9 Å². The van der Waals surface area contributed by atoms with Crippen molar-refractivity contribution in [2.75, 3.05) is 0 Å². The summed E-state index contributed by atoms with van der Waals surface area (Å²) in [6, 6.07) is 10.3. The first kappa shape index (κ1) is 23.3. The molecule has 0 spiro atoms. The number of allylic oxidation sites excluding steroid dienone is 4. The number of halogens is 2.